The zero-order valence-electron chi connectivity index (χ0n) is 8.13. The van der Waals surface area contributed by atoms with Gasteiger partial charge in [-0.2, -0.15) is 0 Å². The first kappa shape index (κ1) is 12.7. The molecular formula is C10H10Br2O3. The molecule has 15 heavy (non-hydrogen) atoms. The fraction of sp³-hybridized carbons (Fsp3) is 0.300. The van der Waals surface area contributed by atoms with Crippen LogP contribution in [-0.2, 0) is 4.74 Å². The lowest BCUT2D eigenvalue weighted by molar-refractivity contribution is 0.112. The molecule has 0 heterocycles. The van der Waals surface area contributed by atoms with E-state index < -0.39 is 0 Å². The second kappa shape index (κ2) is 6.25. The van der Waals surface area contributed by atoms with Gasteiger partial charge in [-0.15, -0.1) is 0 Å². The van der Waals surface area contributed by atoms with Crippen molar-refractivity contribution >= 4 is 38.1 Å². The van der Waals surface area contributed by atoms with Crippen LogP contribution in [0.5, 0.6) is 5.75 Å². The number of benzene rings is 1. The Labute approximate surface area is 105 Å². The minimum Gasteiger partial charge on any atom is -0.489 e. The summed E-state index contributed by atoms with van der Waals surface area (Å²) in [6.07, 6.45) is 0.786. The third-order valence-electron chi connectivity index (χ3n) is 1.69. The molecule has 0 spiro atoms. The van der Waals surface area contributed by atoms with Gasteiger partial charge in [0, 0.05) is 12.7 Å². The van der Waals surface area contributed by atoms with E-state index in [1.165, 1.54) is 0 Å². The van der Waals surface area contributed by atoms with Gasteiger partial charge in [-0.1, -0.05) is 0 Å². The zero-order chi connectivity index (χ0) is 11.3. The molecule has 3 nitrogen and oxygen atoms in total. The van der Waals surface area contributed by atoms with Gasteiger partial charge in [0.05, 0.1) is 15.6 Å². The quantitative estimate of drug-likeness (QED) is 0.612. The highest BCUT2D eigenvalue weighted by atomic mass is 79.9. The minimum absolute atomic E-state index is 0.466. The number of halogens is 2. The van der Waals surface area contributed by atoms with Crippen LogP contribution in [0.15, 0.2) is 21.1 Å². The molecule has 1 aromatic rings. The van der Waals surface area contributed by atoms with Crippen LogP contribution in [0.2, 0.25) is 0 Å². The molecular weight excluding hydrogens is 328 g/mol. The Bertz CT molecular complexity index is 330. The van der Waals surface area contributed by atoms with Crippen molar-refractivity contribution in [1.29, 1.82) is 0 Å². The summed E-state index contributed by atoms with van der Waals surface area (Å²) in [4.78, 5) is 10.6. The summed E-state index contributed by atoms with van der Waals surface area (Å²) in [5.41, 5.74) is 0.591. The van der Waals surface area contributed by atoms with Crippen molar-refractivity contribution in [1.82, 2.24) is 0 Å². The van der Waals surface area contributed by atoms with Crippen LogP contribution in [0, 0.1) is 0 Å². The van der Waals surface area contributed by atoms with Crippen molar-refractivity contribution in [3.63, 3.8) is 0 Å². The van der Waals surface area contributed by atoms with Crippen molar-refractivity contribution in [2.45, 2.75) is 0 Å². The Balaban J connectivity index is 2.83. The van der Waals surface area contributed by atoms with E-state index in [9.17, 15) is 4.79 Å². The lowest BCUT2D eigenvalue weighted by Gasteiger charge is -2.10. The lowest BCUT2D eigenvalue weighted by Crippen LogP contribution is -2.05. The average molecular weight is 338 g/mol. The number of aldehydes is 1. The number of rotatable bonds is 5. The van der Waals surface area contributed by atoms with Gasteiger partial charge in [0.15, 0.2) is 0 Å². The van der Waals surface area contributed by atoms with Gasteiger partial charge >= 0.3 is 0 Å². The maximum Gasteiger partial charge on any atom is 0.150 e. The van der Waals surface area contributed by atoms with E-state index in [1.807, 2.05) is 0 Å². The van der Waals surface area contributed by atoms with E-state index in [2.05, 4.69) is 31.9 Å². The zero-order valence-corrected chi connectivity index (χ0v) is 11.3. The smallest absolute Gasteiger partial charge is 0.150 e. The SMILES string of the molecule is COCCOc1c(Br)cc(C=O)cc1Br. The molecule has 0 bridgehead atoms. The van der Waals surface area contributed by atoms with Crippen LogP contribution >= 0.6 is 31.9 Å². The van der Waals surface area contributed by atoms with E-state index in [0.717, 1.165) is 15.2 Å². The van der Waals surface area contributed by atoms with E-state index in [1.54, 1.807) is 19.2 Å². The van der Waals surface area contributed by atoms with Crippen molar-refractivity contribution in [3.8, 4) is 5.75 Å². The molecule has 0 fully saturated rings. The Morgan fingerprint density at radius 2 is 1.87 bits per heavy atom. The molecule has 0 saturated carbocycles. The highest BCUT2D eigenvalue weighted by Gasteiger charge is 2.08. The monoisotopic (exact) mass is 336 g/mol. The van der Waals surface area contributed by atoms with Crippen molar-refractivity contribution in [2.24, 2.45) is 0 Å². The number of methoxy groups -OCH3 is 1. The number of ether oxygens (including phenoxy) is 2. The normalized spacial score (nSPS) is 10.1. The lowest BCUT2D eigenvalue weighted by atomic mass is 10.2. The summed E-state index contributed by atoms with van der Waals surface area (Å²) in [6.45, 7) is 0.989. The van der Waals surface area contributed by atoms with E-state index in [-0.39, 0.29) is 0 Å². The highest BCUT2D eigenvalue weighted by Crippen LogP contribution is 2.34. The number of hydrogen-bond donors (Lipinski definition) is 0. The van der Waals surface area contributed by atoms with Crippen LogP contribution in [0.25, 0.3) is 0 Å². The summed E-state index contributed by atoms with van der Waals surface area (Å²) < 4.78 is 11.8. The van der Waals surface area contributed by atoms with Gasteiger partial charge < -0.3 is 9.47 Å². The van der Waals surface area contributed by atoms with Crippen LogP contribution in [0.4, 0.5) is 0 Å². The maximum absolute atomic E-state index is 10.6. The molecule has 0 N–H and O–H groups in total. The molecule has 82 valence electrons. The fourth-order valence-corrected chi connectivity index (χ4v) is 2.46. The van der Waals surface area contributed by atoms with Gasteiger partial charge in [0.2, 0.25) is 0 Å². The molecule has 5 heteroatoms. The third-order valence-corrected chi connectivity index (χ3v) is 2.87. The first-order chi connectivity index (χ1) is 7.19. The Morgan fingerprint density at radius 1 is 1.27 bits per heavy atom. The summed E-state index contributed by atoms with van der Waals surface area (Å²) in [7, 11) is 1.61. The molecule has 0 radical (unpaired) electrons. The minimum atomic E-state index is 0.466. The van der Waals surface area contributed by atoms with Gasteiger partial charge in [-0.25, -0.2) is 0 Å². The number of hydrogen-bond acceptors (Lipinski definition) is 3. The summed E-state index contributed by atoms with van der Waals surface area (Å²) >= 11 is 6.67. The molecule has 0 aliphatic heterocycles. The number of carbonyl (C=O) groups excluding carboxylic acids is 1. The van der Waals surface area contributed by atoms with Gasteiger partial charge in [-0.05, 0) is 44.0 Å². The Kier molecular flexibility index (Phi) is 5.28. The molecule has 0 amide bonds. The van der Waals surface area contributed by atoms with Crippen LogP contribution in [0.1, 0.15) is 10.4 Å². The van der Waals surface area contributed by atoms with Crippen molar-refractivity contribution in [3.05, 3.63) is 26.6 Å². The van der Waals surface area contributed by atoms with Crippen molar-refractivity contribution < 1.29 is 14.3 Å². The molecule has 0 aromatic heterocycles. The number of carbonyl (C=O) groups is 1. The summed E-state index contributed by atoms with van der Waals surface area (Å²) in [5, 5.41) is 0. The first-order valence-corrected chi connectivity index (χ1v) is 5.83. The third kappa shape index (κ3) is 3.59. The summed E-state index contributed by atoms with van der Waals surface area (Å²) in [6, 6.07) is 3.42. The largest absolute Gasteiger partial charge is 0.489 e. The second-order valence-corrected chi connectivity index (χ2v) is 4.48. The van der Waals surface area contributed by atoms with Crippen molar-refractivity contribution in [2.75, 3.05) is 20.3 Å². The standard InChI is InChI=1S/C10H10Br2O3/c1-14-2-3-15-10-8(11)4-7(6-13)5-9(10)12/h4-6H,2-3H2,1H3. The van der Waals surface area contributed by atoms with E-state index in [4.69, 9.17) is 9.47 Å². The van der Waals surface area contributed by atoms with E-state index >= 15 is 0 Å². The first-order valence-electron chi connectivity index (χ1n) is 4.25. The Hall–Kier alpha value is -0.390. The topological polar surface area (TPSA) is 35.5 Å². The van der Waals surface area contributed by atoms with Crippen LogP contribution in [-0.4, -0.2) is 26.6 Å². The molecule has 1 aromatic carbocycles. The van der Waals surface area contributed by atoms with Gasteiger partial charge in [-0.3, -0.25) is 4.79 Å². The van der Waals surface area contributed by atoms with E-state index in [0.29, 0.717) is 24.5 Å². The highest BCUT2D eigenvalue weighted by molar-refractivity contribution is 9.11. The molecule has 0 aliphatic carbocycles. The second-order valence-electron chi connectivity index (χ2n) is 2.77. The van der Waals surface area contributed by atoms with Crippen LogP contribution < -0.4 is 4.74 Å². The van der Waals surface area contributed by atoms with Gasteiger partial charge in [0.1, 0.15) is 18.6 Å². The average Bonchev–Trinajstić information content (AvgIpc) is 2.22. The molecule has 0 unspecified atom stereocenters. The van der Waals surface area contributed by atoms with Crippen LogP contribution in [0.3, 0.4) is 0 Å². The predicted molar refractivity (Wildman–Crippen MR) is 64.6 cm³/mol. The predicted octanol–water partition coefficient (Wildman–Crippen LogP) is 3.05. The van der Waals surface area contributed by atoms with Gasteiger partial charge in [0.25, 0.3) is 0 Å². The Morgan fingerprint density at radius 3 is 2.33 bits per heavy atom. The molecule has 1 rings (SSSR count). The summed E-state index contributed by atoms with van der Waals surface area (Å²) in [5.74, 6) is 0.678. The molecule has 0 saturated heterocycles. The molecule has 0 atom stereocenters. The molecule has 0 aliphatic rings. The maximum atomic E-state index is 10.6. The fourth-order valence-electron chi connectivity index (χ4n) is 1.01.